The summed E-state index contributed by atoms with van der Waals surface area (Å²) < 4.78 is 10.8. The zero-order valence-corrected chi connectivity index (χ0v) is 15.9. The van der Waals surface area contributed by atoms with Crippen molar-refractivity contribution in [1.82, 2.24) is 9.36 Å². The Bertz CT molecular complexity index is 824. The molecule has 1 aliphatic heterocycles. The third-order valence-corrected chi connectivity index (χ3v) is 6.70. The van der Waals surface area contributed by atoms with Crippen LogP contribution in [-0.2, 0) is 10.2 Å². The molecule has 0 bridgehead atoms. The summed E-state index contributed by atoms with van der Waals surface area (Å²) >= 11 is 7.70. The predicted octanol–water partition coefficient (Wildman–Crippen LogP) is 4.30. The molecule has 2 aromatic rings. The normalized spacial score (nSPS) is 23.6. The van der Waals surface area contributed by atoms with E-state index in [1.54, 1.807) is 0 Å². The highest BCUT2D eigenvalue weighted by Crippen LogP contribution is 2.45. The van der Waals surface area contributed by atoms with E-state index < -0.39 is 5.41 Å². The highest BCUT2D eigenvalue weighted by atomic mass is 35.5. The van der Waals surface area contributed by atoms with Gasteiger partial charge in [-0.25, -0.2) is 4.98 Å². The van der Waals surface area contributed by atoms with E-state index in [9.17, 15) is 5.26 Å². The Morgan fingerprint density at radius 3 is 2.92 bits per heavy atom. The minimum Gasteiger partial charge on any atom is -0.377 e. The number of pyridine rings is 1. The zero-order valence-electron chi connectivity index (χ0n) is 14.3. The van der Waals surface area contributed by atoms with Crippen molar-refractivity contribution in [2.75, 3.05) is 24.7 Å². The minimum atomic E-state index is -0.445. The lowest BCUT2D eigenvalue weighted by atomic mass is 9.70. The van der Waals surface area contributed by atoms with Crippen LogP contribution in [-0.4, -0.2) is 35.2 Å². The Morgan fingerprint density at radius 2 is 2.20 bits per heavy atom. The van der Waals surface area contributed by atoms with Gasteiger partial charge in [-0.3, -0.25) is 0 Å². The number of aromatic nitrogens is 2. The summed E-state index contributed by atoms with van der Waals surface area (Å²) in [6, 6.07) is 5.01. The third-order valence-electron chi connectivity index (χ3n) is 5.47. The fraction of sp³-hybridized carbons (Fsp3) is 0.611. The molecule has 1 saturated heterocycles. The molecule has 1 atom stereocenters. The topological polar surface area (TPSA) is 62.0 Å². The summed E-state index contributed by atoms with van der Waals surface area (Å²) in [6.07, 6.45) is 5.18. The standard InChI is InChI=1S/C18H21ClN4OS/c1-12-10-24-8-7-23(12)14-9-13(16-15(21-14)17(19)22-25-16)18(11-20)5-3-2-4-6-18/h9,12H,2-8,10H2,1H3/t12-/m1/s1. The van der Waals surface area contributed by atoms with Crippen molar-refractivity contribution in [3.05, 3.63) is 16.8 Å². The van der Waals surface area contributed by atoms with Crippen LogP contribution < -0.4 is 4.90 Å². The SMILES string of the molecule is C[C@@H]1COCCN1c1cc(C2(C#N)CCCCC2)c2snc(Cl)c2n1. The Balaban J connectivity index is 1.89. The van der Waals surface area contributed by atoms with E-state index in [2.05, 4.69) is 28.3 Å². The Kier molecular flexibility index (Phi) is 4.57. The van der Waals surface area contributed by atoms with Crippen LogP contribution >= 0.6 is 23.1 Å². The number of anilines is 1. The highest BCUT2D eigenvalue weighted by molar-refractivity contribution is 7.14. The van der Waals surface area contributed by atoms with Crippen molar-refractivity contribution in [3.8, 4) is 6.07 Å². The largest absolute Gasteiger partial charge is 0.377 e. The number of fused-ring (bicyclic) bond motifs is 1. The van der Waals surface area contributed by atoms with E-state index in [0.717, 1.165) is 53.8 Å². The molecule has 25 heavy (non-hydrogen) atoms. The van der Waals surface area contributed by atoms with E-state index in [4.69, 9.17) is 21.3 Å². The van der Waals surface area contributed by atoms with Gasteiger partial charge in [-0.1, -0.05) is 30.9 Å². The molecule has 3 heterocycles. The van der Waals surface area contributed by atoms with Crippen molar-refractivity contribution in [3.63, 3.8) is 0 Å². The van der Waals surface area contributed by atoms with Crippen molar-refractivity contribution >= 4 is 39.2 Å². The average Bonchev–Trinajstić information content (AvgIpc) is 3.03. The molecular weight excluding hydrogens is 356 g/mol. The quantitative estimate of drug-likeness (QED) is 0.782. The average molecular weight is 377 g/mol. The van der Waals surface area contributed by atoms with Gasteiger partial charge >= 0.3 is 0 Å². The van der Waals surface area contributed by atoms with Crippen molar-refractivity contribution in [1.29, 1.82) is 5.26 Å². The summed E-state index contributed by atoms with van der Waals surface area (Å²) in [5.74, 6) is 0.889. The fourth-order valence-corrected chi connectivity index (χ4v) is 5.18. The lowest BCUT2D eigenvalue weighted by molar-refractivity contribution is 0.0985. The zero-order chi connectivity index (χ0) is 17.4. The maximum atomic E-state index is 10.1. The first-order chi connectivity index (χ1) is 12.1. The number of halogens is 1. The number of morpholine rings is 1. The van der Waals surface area contributed by atoms with Gasteiger partial charge in [0.2, 0.25) is 0 Å². The number of rotatable bonds is 2. The molecule has 0 unspecified atom stereocenters. The fourth-order valence-electron chi connectivity index (χ4n) is 4.05. The smallest absolute Gasteiger partial charge is 0.169 e. The van der Waals surface area contributed by atoms with Crippen LogP contribution in [0.25, 0.3) is 10.2 Å². The molecule has 0 radical (unpaired) electrons. The van der Waals surface area contributed by atoms with Crippen LogP contribution in [0.15, 0.2) is 6.07 Å². The Labute approximate surface area is 156 Å². The minimum absolute atomic E-state index is 0.251. The number of hydrogen-bond donors (Lipinski definition) is 0. The second kappa shape index (κ2) is 6.71. The number of ether oxygens (including phenoxy) is 1. The molecule has 1 aliphatic carbocycles. The Hall–Kier alpha value is -1.42. The molecule has 2 fully saturated rings. The summed E-state index contributed by atoms with van der Waals surface area (Å²) in [6.45, 7) is 4.32. The van der Waals surface area contributed by atoms with Gasteiger partial charge in [0.15, 0.2) is 5.15 Å². The van der Waals surface area contributed by atoms with Crippen LogP contribution in [0, 0.1) is 11.3 Å². The van der Waals surface area contributed by atoms with E-state index in [0.29, 0.717) is 18.4 Å². The molecule has 7 heteroatoms. The molecule has 4 rings (SSSR count). The van der Waals surface area contributed by atoms with Crippen LogP contribution in [0.5, 0.6) is 0 Å². The summed E-state index contributed by atoms with van der Waals surface area (Å²) in [5.41, 5.74) is 1.36. The van der Waals surface area contributed by atoms with E-state index in [1.165, 1.54) is 18.0 Å². The number of nitriles is 1. The third kappa shape index (κ3) is 2.88. The van der Waals surface area contributed by atoms with Crippen molar-refractivity contribution in [2.45, 2.75) is 50.5 Å². The molecule has 5 nitrogen and oxygen atoms in total. The Morgan fingerprint density at radius 1 is 1.40 bits per heavy atom. The molecule has 2 aliphatic rings. The monoisotopic (exact) mass is 376 g/mol. The van der Waals surface area contributed by atoms with Gasteiger partial charge in [0.25, 0.3) is 0 Å². The van der Waals surface area contributed by atoms with E-state index in [-0.39, 0.29) is 6.04 Å². The number of nitrogens with zero attached hydrogens (tertiary/aromatic N) is 4. The van der Waals surface area contributed by atoms with Gasteiger partial charge < -0.3 is 9.64 Å². The molecule has 1 saturated carbocycles. The maximum absolute atomic E-state index is 10.1. The second-order valence-corrected chi connectivity index (χ2v) is 8.18. The van der Waals surface area contributed by atoms with Gasteiger partial charge in [0, 0.05) is 6.54 Å². The number of hydrogen-bond acceptors (Lipinski definition) is 6. The molecule has 2 aromatic heterocycles. The predicted molar refractivity (Wildman–Crippen MR) is 100 cm³/mol. The van der Waals surface area contributed by atoms with Crippen LogP contribution in [0.1, 0.15) is 44.6 Å². The molecule has 0 aromatic carbocycles. The first-order valence-electron chi connectivity index (χ1n) is 8.87. The van der Waals surface area contributed by atoms with E-state index in [1.807, 2.05) is 0 Å². The summed E-state index contributed by atoms with van der Waals surface area (Å²) in [5, 5.41) is 10.5. The molecular formula is C18H21ClN4OS. The molecule has 0 N–H and O–H groups in total. The van der Waals surface area contributed by atoms with Crippen LogP contribution in [0.2, 0.25) is 5.15 Å². The summed E-state index contributed by atoms with van der Waals surface area (Å²) in [7, 11) is 0. The molecule has 132 valence electrons. The highest BCUT2D eigenvalue weighted by Gasteiger charge is 2.37. The second-order valence-electron chi connectivity index (χ2n) is 7.05. The van der Waals surface area contributed by atoms with Crippen molar-refractivity contribution in [2.24, 2.45) is 0 Å². The van der Waals surface area contributed by atoms with Gasteiger partial charge in [-0.15, -0.1) is 0 Å². The van der Waals surface area contributed by atoms with Gasteiger partial charge in [-0.2, -0.15) is 9.64 Å². The van der Waals surface area contributed by atoms with Gasteiger partial charge in [-0.05, 0) is 42.9 Å². The van der Waals surface area contributed by atoms with Crippen molar-refractivity contribution < 1.29 is 4.74 Å². The lowest BCUT2D eigenvalue weighted by Gasteiger charge is -2.36. The first-order valence-corrected chi connectivity index (χ1v) is 10.0. The molecule has 0 spiro atoms. The maximum Gasteiger partial charge on any atom is 0.169 e. The van der Waals surface area contributed by atoms with Gasteiger partial charge in [0.05, 0.1) is 35.4 Å². The first kappa shape index (κ1) is 17.0. The van der Waals surface area contributed by atoms with Crippen LogP contribution in [0.3, 0.4) is 0 Å². The van der Waals surface area contributed by atoms with E-state index >= 15 is 0 Å². The van der Waals surface area contributed by atoms with Crippen LogP contribution in [0.4, 0.5) is 5.82 Å². The lowest BCUT2D eigenvalue weighted by Crippen LogP contribution is -2.44. The molecule has 0 amide bonds. The summed E-state index contributed by atoms with van der Waals surface area (Å²) in [4.78, 5) is 7.06. The van der Waals surface area contributed by atoms with Gasteiger partial charge in [0.1, 0.15) is 11.3 Å².